The quantitative estimate of drug-likeness (QED) is 0.0376. The third-order valence-corrected chi connectivity index (χ3v) is 10.6. The van der Waals surface area contributed by atoms with Crippen LogP contribution in [0.25, 0.3) is 0 Å². The average Bonchev–Trinajstić information content (AvgIpc) is 3.12. The zero-order valence-electron chi connectivity index (χ0n) is 33.8. The van der Waals surface area contributed by atoms with Gasteiger partial charge in [-0.1, -0.05) is 212 Å². The van der Waals surface area contributed by atoms with Gasteiger partial charge in [0.05, 0.1) is 18.8 Å². The summed E-state index contributed by atoms with van der Waals surface area (Å²) in [6.45, 7) is 4.18. The van der Waals surface area contributed by atoms with E-state index in [2.05, 4.69) is 31.3 Å². The Hall–Kier alpha value is -0.910. The molecule has 4 N–H and O–H groups in total. The lowest BCUT2D eigenvalue weighted by molar-refractivity contribution is -0.124. The Kier molecular flexibility index (Phi) is 40.1. The lowest BCUT2D eigenvalue weighted by Crippen LogP contribution is -2.50. The molecule has 0 bridgehead atoms. The van der Waals surface area contributed by atoms with Gasteiger partial charge in [-0.25, -0.2) is 0 Å². The number of rotatable bonds is 41. The van der Waals surface area contributed by atoms with Crippen LogP contribution in [-0.2, 0) is 4.79 Å². The molecule has 0 aromatic heterocycles. The van der Waals surface area contributed by atoms with Crippen LogP contribution in [0.15, 0.2) is 12.2 Å². The topological polar surface area (TPSA) is 89.8 Å². The molecule has 0 saturated carbocycles. The number of allylic oxidation sites excluding steroid dienone is 2. The third-order valence-electron chi connectivity index (χ3n) is 10.6. The van der Waals surface area contributed by atoms with Crippen molar-refractivity contribution in [3.05, 3.63) is 12.2 Å². The number of hydrogen-bond acceptors (Lipinski definition) is 4. The Labute approximate surface area is 312 Å². The first-order valence-corrected chi connectivity index (χ1v) is 22.5. The van der Waals surface area contributed by atoms with Crippen molar-refractivity contribution in [2.24, 2.45) is 0 Å². The van der Waals surface area contributed by atoms with E-state index in [0.29, 0.717) is 12.8 Å². The molecule has 0 heterocycles. The van der Waals surface area contributed by atoms with Crippen molar-refractivity contribution in [1.82, 2.24) is 5.32 Å². The summed E-state index contributed by atoms with van der Waals surface area (Å²) in [4.78, 5) is 12.4. The SMILES string of the molecule is CCCCCCCCCCC/C=C/CCCC(O)C(O)C(CO)NC(=O)CCCCCCCCCCCCCCCCCCCCCCCC. The summed E-state index contributed by atoms with van der Waals surface area (Å²) in [6.07, 6.45) is 47.6. The molecule has 298 valence electrons. The molecule has 0 aromatic carbocycles. The molecule has 0 radical (unpaired) electrons. The summed E-state index contributed by atoms with van der Waals surface area (Å²) in [6, 6.07) is -0.820. The Morgan fingerprint density at radius 1 is 0.480 bits per heavy atom. The van der Waals surface area contributed by atoms with Gasteiger partial charge in [0.15, 0.2) is 0 Å². The molecule has 0 aliphatic carbocycles. The van der Waals surface area contributed by atoms with Gasteiger partial charge in [-0.05, 0) is 38.5 Å². The lowest BCUT2D eigenvalue weighted by Gasteiger charge is -2.26. The molecule has 0 aliphatic heterocycles. The largest absolute Gasteiger partial charge is 0.394 e. The first-order valence-electron chi connectivity index (χ1n) is 22.5. The number of aliphatic hydroxyl groups is 3. The first kappa shape index (κ1) is 49.1. The molecule has 5 nitrogen and oxygen atoms in total. The van der Waals surface area contributed by atoms with Crippen molar-refractivity contribution in [2.75, 3.05) is 6.61 Å². The van der Waals surface area contributed by atoms with E-state index in [4.69, 9.17) is 0 Å². The number of amides is 1. The zero-order chi connectivity index (χ0) is 36.6. The van der Waals surface area contributed by atoms with Gasteiger partial charge in [0.25, 0.3) is 0 Å². The molecule has 0 aromatic rings. The number of hydrogen-bond donors (Lipinski definition) is 4. The zero-order valence-corrected chi connectivity index (χ0v) is 33.8. The van der Waals surface area contributed by atoms with Crippen LogP contribution in [0.5, 0.6) is 0 Å². The van der Waals surface area contributed by atoms with E-state index in [1.54, 1.807) is 0 Å². The van der Waals surface area contributed by atoms with Crippen LogP contribution in [0.2, 0.25) is 0 Å². The smallest absolute Gasteiger partial charge is 0.220 e. The van der Waals surface area contributed by atoms with Crippen molar-refractivity contribution in [1.29, 1.82) is 0 Å². The maximum Gasteiger partial charge on any atom is 0.220 e. The highest BCUT2D eigenvalue weighted by Crippen LogP contribution is 2.16. The van der Waals surface area contributed by atoms with Crippen LogP contribution in [0, 0.1) is 0 Å². The van der Waals surface area contributed by atoms with Crippen molar-refractivity contribution < 1.29 is 20.1 Å². The highest BCUT2D eigenvalue weighted by molar-refractivity contribution is 5.76. The monoisotopic (exact) mass is 708 g/mol. The van der Waals surface area contributed by atoms with Gasteiger partial charge in [-0.15, -0.1) is 0 Å². The number of unbranched alkanes of at least 4 members (excludes halogenated alkanes) is 31. The fourth-order valence-corrected chi connectivity index (χ4v) is 7.10. The maximum absolute atomic E-state index is 12.4. The minimum Gasteiger partial charge on any atom is -0.394 e. The van der Waals surface area contributed by atoms with Crippen LogP contribution in [0.3, 0.4) is 0 Å². The van der Waals surface area contributed by atoms with E-state index < -0.39 is 18.2 Å². The first-order chi connectivity index (χ1) is 24.6. The number of aliphatic hydroxyl groups excluding tert-OH is 3. The summed E-state index contributed by atoms with van der Waals surface area (Å²) < 4.78 is 0. The predicted molar refractivity (Wildman–Crippen MR) is 218 cm³/mol. The van der Waals surface area contributed by atoms with Crippen LogP contribution in [0.4, 0.5) is 0 Å². The molecule has 1 amide bonds. The second-order valence-corrected chi connectivity index (χ2v) is 15.6. The molecular formula is C45H89NO4. The summed E-state index contributed by atoms with van der Waals surface area (Å²) in [7, 11) is 0. The minimum atomic E-state index is -1.15. The van der Waals surface area contributed by atoms with Gasteiger partial charge in [-0.3, -0.25) is 4.79 Å². The van der Waals surface area contributed by atoms with E-state index in [1.165, 1.54) is 180 Å². The van der Waals surface area contributed by atoms with E-state index >= 15 is 0 Å². The molecule has 50 heavy (non-hydrogen) atoms. The van der Waals surface area contributed by atoms with E-state index in [-0.39, 0.29) is 12.5 Å². The molecule has 0 fully saturated rings. The van der Waals surface area contributed by atoms with Gasteiger partial charge < -0.3 is 20.6 Å². The standard InChI is InChI=1S/C45H89NO4/c1-3-5-7-9-11-13-15-17-19-20-21-22-23-24-25-26-28-30-32-34-36-38-40-44(49)46-42(41-47)45(50)43(48)39-37-35-33-31-29-27-18-16-14-12-10-8-6-4-2/h31,33,42-43,45,47-48,50H,3-30,32,34-41H2,1-2H3,(H,46,49)/b33-31+. The third kappa shape index (κ3) is 35.5. The van der Waals surface area contributed by atoms with Gasteiger partial charge >= 0.3 is 0 Å². The van der Waals surface area contributed by atoms with Crippen LogP contribution in [0.1, 0.15) is 245 Å². The van der Waals surface area contributed by atoms with Gasteiger partial charge in [0.2, 0.25) is 5.91 Å². The molecule has 0 saturated heterocycles. The molecule has 3 unspecified atom stereocenters. The number of carbonyl (C=O) groups is 1. The predicted octanol–water partition coefficient (Wildman–Crippen LogP) is 12.8. The van der Waals surface area contributed by atoms with E-state index in [9.17, 15) is 20.1 Å². The molecular weight excluding hydrogens is 618 g/mol. The summed E-state index contributed by atoms with van der Waals surface area (Å²) >= 11 is 0. The van der Waals surface area contributed by atoms with E-state index in [1.807, 2.05) is 0 Å². The van der Waals surface area contributed by atoms with Crippen LogP contribution >= 0.6 is 0 Å². The fraction of sp³-hybridized carbons (Fsp3) is 0.933. The van der Waals surface area contributed by atoms with Gasteiger partial charge in [-0.2, -0.15) is 0 Å². The van der Waals surface area contributed by atoms with Crippen molar-refractivity contribution in [2.45, 2.75) is 263 Å². The summed E-state index contributed by atoms with van der Waals surface area (Å²) in [5, 5.41) is 33.5. The summed E-state index contributed by atoms with van der Waals surface area (Å²) in [5.74, 6) is -0.150. The highest BCUT2D eigenvalue weighted by Gasteiger charge is 2.26. The Bertz CT molecular complexity index is 699. The Morgan fingerprint density at radius 2 is 0.800 bits per heavy atom. The second kappa shape index (κ2) is 40.9. The molecule has 0 aliphatic rings. The van der Waals surface area contributed by atoms with E-state index in [0.717, 1.165) is 38.5 Å². The highest BCUT2D eigenvalue weighted by atomic mass is 16.3. The molecule has 3 atom stereocenters. The van der Waals surface area contributed by atoms with Gasteiger partial charge in [0, 0.05) is 6.42 Å². The lowest BCUT2D eigenvalue weighted by atomic mass is 10.0. The normalized spacial score (nSPS) is 13.6. The van der Waals surface area contributed by atoms with Crippen LogP contribution in [-0.4, -0.2) is 46.1 Å². The van der Waals surface area contributed by atoms with Crippen molar-refractivity contribution >= 4 is 5.91 Å². The second-order valence-electron chi connectivity index (χ2n) is 15.6. The summed E-state index contributed by atoms with van der Waals surface area (Å²) in [5.41, 5.74) is 0. The Balaban J connectivity index is 3.59. The van der Waals surface area contributed by atoms with Crippen molar-refractivity contribution in [3.63, 3.8) is 0 Å². The fourth-order valence-electron chi connectivity index (χ4n) is 7.10. The average molecular weight is 708 g/mol. The Morgan fingerprint density at radius 3 is 1.16 bits per heavy atom. The van der Waals surface area contributed by atoms with Crippen LogP contribution < -0.4 is 5.32 Å². The minimum absolute atomic E-state index is 0.150. The molecule has 5 heteroatoms. The molecule has 0 spiro atoms. The van der Waals surface area contributed by atoms with Gasteiger partial charge in [0.1, 0.15) is 6.10 Å². The number of nitrogens with one attached hydrogen (secondary N) is 1. The molecule has 0 rings (SSSR count). The number of carbonyl (C=O) groups excluding carboxylic acids is 1. The van der Waals surface area contributed by atoms with Crippen molar-refractivity contribution in [3.8, 4) is 0 Å². The maximum atomic E-state index is 12.4.